The average Bonchev–Trinajstić information content (AvgIpc) is 3.46. The average molecular weight is 443 g/mol. The number of tetrazole rings is 1. The van der Waals surface area contributed by atoms with Crippen LogP contribution in [0.4, 0.5) is 13.2 Å². The minimum Gasteiger partial charge on any atom is -0.490 e. The van der Waals surface area contributed by atoms with E-state index in [1.807, 2.05) is 18.2 Å². The molecule has 0 N–H and O–H groups in total. The van der Waals surface area contributed by atoms with Gasteiger partial charge in [0.1, 0.15) is 5.75 Å². The Hall–Kier alpha value is -2.94. The molecule has 2 aromatic carbocycles. The first-order valence-electron chi connectivity index (χ1n) is 10.9. The Balaban J connectivity index is 1.48. The molecule has 1 saturated carbocycles. The van der Waals surface area contributed by atoms with Gasteiger partial charge in [-0.1, -0.05) is 36.8 Å². The third-order valence-corrected chi connectivity index (χ3v) is 6.00. The van der Waals surface area contributed by atoms with Crippen LogP contribution in [0.2, 0.25) is 0 Å². The van der Waals surface area contributed by atoms with E-state index in [1.54, 1.807) is 18.2 Å². The number of hydrogen-bond acceptors (Lipinski definition) is 5. The molecule has 0 spiro atoms. The van der Waals surface area contributed by atoms with Crippen LogP contribution in [-0.4, -0.2) is 37.8 Å². The van der Waals surface area contributed by atoms with E-state index in [0.29, 0.717) is 6.54 Å². The molecular weight excluding hydrogens is 419 g/mol. The van der Waals surface area contributed by atoms with Gasteiger partial charge in [0.25, 0.3) is 5.82 Å². The first-order valence-corrected chi connectivity index (χ1v) is 10.9. The van der Waals surface area contributed by atoms with E-state index in [1.165, 1.54) is 5.56 Å². The second-order valence-corrected chi connectivity index (χ2v) is 8.41. The molecule has 1 aliphatic carbocycles. The second kappa shape index (κ2) is 8.54. The van der Waals surface area contributed by atoms with Gasteiger partial charge in [0.2, 0.25) is 0 Å². The maximum absolute atomic E-state index is 13.3. The van der Waals surface area contributed by atoms with Crippen LogP contribution in [0.15, 0.2) is 48.5 Å². The van der Waals surface area contributed by atoms with Crippen LogP contribution in [0.3, 0.4) is 0 Å². The monoisotopic (exact) mass is 443 g/mol. The lowest BCUT2D eigenvalue weighted by Gasteiger charge is -2.36. The topological polar surface area (TPSA) is 56.1 Å². The molecule has 1 unspecified atom stereocenters. The Morgan fingerprint density at radius 1 is 1.00 bits per heavy atom. The van der Waals surface area contributed by atoms with Crippen molar-refractivity contribution in [1.82, 2.24) is 25.1 Å². The molecule has 2 heterocycles. The van der Waals surface area contributed by atoms with Gasteiger partial charge in [0, 0.05) is 18.2 Å². The summed E-state index contributed by atoms with van der Waals surface area (Å²) in [6.07, 6.45) is 0.843. The zero-order chi connectivity index (χ0) is 22.1. The summed E-state index contributed by atoms with van der Waals surface area (Å²) in [5, 5.41) is 10.0. The highest BCUT2D eigenvalue weighted by Gasteiger charge is 2.38. The van der Waals surface area contributed by atoms with E-state index in [-0.39, 0.29) is 17.8 Å². The summed E-state index contributed by atoms with van der Waals surface area (Å²) >= 11 is 0. The van der Waals surface area contributed by atoms with Gasteiger partial charge in [0.15, 0.2) is 0 Å². The summed E-state index contributed by atoms with van der Waals surface area (Å²) in [7, 11) is 0. The number of halogens is 3. The first-order chi connectivity index (χ1) is 15.5. The molecule has 32 heavy (non-hydrogen) atoms. The number of alkyl halides is 3. The van der Waals surface area contributed by atoms with Crippen LogP contribution < -0.4 is 4.74 Å². The zero-order valence-electron chi connectivity index (χ0n) is 17.5. The Morgan fingerprint density at radius 3 is 2.56 bits per heavy atom. The van der Waals surface area contributed by atoms with E-state index in [0.717, 1.165) is 54.6 Å². The normalized spacial score (nSPS) is 19.8. The number of ether oxygens (including phenoxy) is 1. The summed E-state index contributed by atoms with van der Waals surface area (Å²) in [6.45, 7) is 1.50. The molecular formula is C23H24F3N5O. The van der Waals surface area contributed by atoms with Crippen LogP contribution in [0.25, 0.3) is 5.69 Å². The molecule has 1 atom stereocenters. The van der Waals surface area contributed by atoms with Gasteiger partial charge < -0.3 is 4.74 Å². The molecule has 2 fully saturated rings. The fraction of sp³-hybridized carbons (Fsp3) is 0.435. The van der Waals surface area contributed by atoms with Crippen molar-refractivity contribution >= 4 is 0 Å². The number of benzene rings is 2. The number of piperidine rings is 1. The summed E-state index contributed by atoms with van der Waals surface area (Å²) in [5.74, 6) is -0.422. The second-order valence-electron chi connectivity index (χ2n) is 8.41. The lowest BCUT2D eigenvalue weighted by atomic mass is 9.94. The van der Waals surface area contributed by atoms with Crippen molar-refractivity contribution in [2.75, 3.05) is 6.54 Å². The highest BCUT2D eigenvalue weighted by atomic mass is 19.4. The van der Waals surface area contributed by atoms with E-state index in [2.05, 4.69) is 32.6 Å². The van der Waals surface area contributed by atoms with Crippen LogP contribution >= 0.6 is 0 Å². The maximum atomic E-state index is 13.3. The Kier molecular flexibility index (Phi) is 5.58. The van der Waals surface area contributed by atoms with E-state index in [9.17, 15) is 13.2 Å². The Morgan fingerprint density at radius 2 is 1.81 bits per heavy atom. The molecule has 2 aliphatic rings. The third kappa shape index (κ3) is 4.48. The third-order valence-electron chi connectivity index (χ3n) is 6.00. The van der Waals surface area contributed by atoms with Crippen molar-refractivity contribution in [3.8, 4) is 11.4 Å². The van der Waals surface area contributed by atoms with Gasteiger partial charge in [0.05, 0.1) is 11.8 Å². The van der Waals surface area contributed by atoms with Gasteiger partial charge in [-0.15, -0.1) is 5.10 Å². The predicted octanol–water partition coefficient (Wildman–Crippen LogP) is 4.95. The molecule has 9 heteroatoms. The number of aromatic nitrogens is 4. The molecule has 1 aromatic heterocycles. The van der Waals surface area contributed by atoms with Gasteiger partial charge in [-0.3, -0.25) is 4.90 Å². The quantitative estimate of drug-likeness (QED) is 0.540. The van der Waals surface area contributed by atoms with Gasteiger partial charge in [-0.2, -0.15) is 17.9 Å². The molecule has 0 bridgehead atoms. The van der Waals surface area contributed by atoms with Crippen molar-refractivity contribution in [1.29, 1.82) is 0 Å². The van der Waals surface area contributed by atoms with Crippen LogP contribution in [0.5, 0.6) is 5.75 Å². The minimum absolute atomic E-state index is 0.185. The van der Waals surface area contributed by atoms with Gasteiger partial charge in [-0.05, 0) is 66.4 Å². The van der Waals surface area contributed by atoms with Crippen molar-refractivity contribution < 1.29 is 17.9 Å². The predicted molar refractivity (Wildman–Crippen MR) is 111 cm³/mol. The molecule has 168 valence electrons. The van der Waals surface area contributed by atoms with Crippen molar-refractivity contribution in [3.63, 3.8) is 0 Å². The molecule has 1 aliphatic heterocycles. The fourth-order valence-corrected chi connectivity index (χ4v) is 4.29. The molecule has 1 saturated heterocycles. The molecule has 3 aromatic rings. The van der Waals surface area contributed by atoms with Crippen molar-refractivity contribution in [2.45, 2.75) is 57.0 Å². The van der Waals surface area contributed by atoms with E-state index >= 15 is 0 Å². The van der Waals surface area contributed by atoms with Crippen molar-refractivity contribution in [3.05, 3.63) is 65.5 Å². The Bertz CT molecular complexity index is 1060. The first kappa shape index (κ1) is 20.9. The summed E-state index contributed by atoms with van der Waals surface area (Å²) in [5.41, 5.74) is 2.38. The summed E-state index contributed by atoms with van der Waals surface area (Å²) in [4.78, 5) is 2.39. The van der Waals surface area contributed by atoms with Crippen LogP contribution in [0, 0.1) is 0 Å². The standard InChI is InChI=1S/C23H24F3N5O/c24-23(25,26)22-27-28-29-31(22)18-9-12-21(32-19-10-11-19)17(14-18)15-30-13-5-4-8-20(30)16-6-2-1-3-7-16/h1-3,6-7,9,12,14,19-20H,4-5,8,10-11,13,15H2. The Labute approximate surface area is 184 Å². The van der Waals surface area contributed by atoms with E-state index in [4.69, 9.17) is 4.74 Å². The number of likely N-dealkylation sites (tertiary alicyclic amines) is 1. The number of rotatable bonds is 6. The van der Waals surface area contributed by atoms with Gasteiger partial charge >= 0.3 is 6.18 Å². The highest BCUT2D eigenvalue weighted by Crippen LogP contribution is 2.36. The maximum Gasteiger partial charge on any atom is 0.453 e. The SMILES string of the molecule is FC(F)(F)c1nnnn1-c1ccc(OC2CC2)c(CN2CCCCC2c2ccccc2)c1. The summed E-state index contributed by atoms with van der Waals surface area (Å²) < 4.78 is 46.9. The summed E-state index contributed by atoms with van der Waals surface area (Å²) in [6, 6.07) is 15.7. The van der Waals surface area contributed by atoms with Gasteiger partial charge in [-0.25, -0.2) is 0 Å². The van der Waals surface area contributed by atoms with Crippen LogP contribution in [0.1, 0.15) is 55.1 Å². The molecule has 0 radical (unpaired) electrons. The van der Waals surface area contributed by atoms with Crippen molar-refractivity contribution in [2.24, 2.45) is 0 Å². The number of nitrogens with zero attached hydrogens (tertiary/aromatic N) is 5. The van der Waals surface area contributed by atoms with Crippen LogP contribution in [-0.2, 0) is 12.7 Å². The highest BCUT2D eigenvalue weighted by molar-refractivity contribution is 5.45. The number of hydrogen-bond donors (Lipinski definition) is 0. The zero-order valence-corrected chi connectivity index (χ0v) is 17.5. The molecule has 6 nitrogen and oxygen atoms in total. The lowest BCUT2D eigenvalue weighted by Crippen LogP contribution is -2.33. The molecule has 0 amide bonds. The van der Waals surface area contributed by atoms with E-state index < -0.39 is 12.0 Å². The largest absolute Gasteiger partial charge is 0.490 e. The fourth-order valence-electron chi connectivity index (χ4n) is 4.29. The smallest absolute Gasteiger partial charge is 0.453 e. The lowest BCUT2D eigenvalue weighted by molar-refractivity contribution is -0.146. The molecule has 5 rings (SSSR count). The minimum atomic E-state index is -4.64.